The van der Waals surface area contributed by atoms with E-state index in [2.05, 4.69) is 26.2 Å². The van der Waals surface area contributed by atoms with Crippen molar-refractivity contribution in [3.05, 3.63) is 63.3 Å². The first-order valence-corrected chi connectivity index (χ1v) is 7.06. The van der Waals surface area contributed by atoms with Crippen LogP contribution < -0.4 is 5.32 Å². The molecule has 0 saturated heterocycles. The van der Waals surface area contributed by atoms with Crippen LogP contribution in [0.4, 0.5) is 0 Å². The second kappa shape index (κ2) is 7.01. The molecule has 3 nitrogen and oxygen atoms in total. The van der Waals surface area contributed by atoms with Gasteiger partial charge in [0.15, 0.2) is 0 Å². The Balaban J connectivity index is 1.88. The van der Waals surface area contributed by atoms with Crippen molar-refractivity contribution in [2.24, 2.45) is 0 Å². The number of nitrogens with one attached hydrogen (secondary N) is 1. The van der Waals surface area contributed by atoms with Crippen molar-refractivity contribution in [3.8, 4) is 0 Å². The Morgan fingerprint density at radius 2 is 2.00 bits per heavy atom. The average molecular weight is 342 g/mol. The van der Waals surface area contributed by atoms with E-state index in [9.17, 15) is 5.11 Å². The Morgan fingerprint density at radius 3 is 2.74 bits per heavy atom. The van der Waals surface area contributed by atoms with E-state index in [1.54, 1.807) is 12.4 Å². The number of halogens is 2. The van der Waals surface area contributed by atoms with E-state index < -0.39 is 6.10 Å². The van der Waals surface area contributed by atoms with Crippen molar-refractivity contribution in [2.75, 3.05) is 6.54 Å². The van der Waals surface area contributed by atoms with E-state index in [-0.39, 0.29) is 0 Å². The highest BCUT2D eigenvalue weighted by Crippen LogP contribution is 2.21. The number of aliphatic hydroxyl groups excluding tert-OH is 1. The Kier molecular flexibility index (Phi) is 5.34. The SMILES string of the molecule is OC(CNCc1cc(Cl)ccc1Br)c1ccncc1. The maximum absolute atomic E-state index is 9.99. The van der Waals surface area contributed by atoms with Gasteiger partial charge < -0.3 is 10.4 Å². The molecular formula is C14H14BrClN2O. The highest BCUT2D eigenvalue weighted by atomic mass is 79.9. The molecule has 100 valence electrons. The summed E-state index contributed by atoms with van der Waals surface area (Å²) in [6.45, 7) is 1.12. The molecule has 19 heavy (non-hydrogen) atoms. The van der Waals surface area contributed by atoms with Crippen LogP contribution in [0.25, 0.3) is 0 Å². The monoisotopic (exact) mass is 340 g/mol. The number of pyridine rings is 1. The van der Waals surface area contributed by atoms with Crippen molar-refractivity contribution >= 4 is 27.5 Å². The van der Waals surface area contributed by atoms with Gasteiger partial charge in [0.25, 0.3) is 0 Å². The van der Waals surface area contributed by atoms with Crippen LogP contribution >= 0.6 is 27.5 Å². The van der Waals surface area contributed by atoms with E-state index >= 15 is 0 Å². The summed E-state index contributed by atoms with van der Waals surface area (Å²) in [5.74, 6) is 0. The summed E-state index contributed by atoms with van der Waals surface area (Å²) in [6.07, 6.45) is 2.80. The minimum atomic E-state index is -0.541. The Labute approximate surface area is 125 Å². The molecule has 1 aromatic carbocycles. The first-order valence-electron chi connectivity index (χ1n) is 5.89. The zero-order chi connectivity index (χ0) is 13.7. The summed E-state index contributed by atoms with van der Waals surface area (Å²) < 4.78 is 1.00. The minimum Gasteiger partial charge on any atom is -0.387 e. The number of nitrogens with zero attached hydrogens (tertiary/aromatic N) is 1. The highest BCUT2D eigenvalue weighted by molar-refractivity contribution is 9.10. The number of aliphatic hydroxyl groups is 1. The second-order valence-electron chi connectivity index (χ2n) is 4.16. The molecule has 0 amide bonds. The molecule has 2 aromatic rings. The molecule has 1 atom stereocenters. The third-order valence-electron chi connectivity index (χ3n) is 2.75. The van der Waals surface area contributed by atoms with Gasteiger partial charge in [0.05, 0.1) is 6.10 Å². The van der Waals surface area contributed by atoms with Crippen LogP contribution in [0.1, 0.15) is 17.2 Å². The smallest absolute Gasteiger partial charge is 0.0915 e. The predicted octanol–water partition coefficient (Wildman–Crippen LogP) is 3.32. The van der Waals surface area contributed by atoms with Gasteiger partial charge in [0.2, 0.25) is 0 Å². The Bertz CT molecular complexity index is 536. The maximum atomic E-state index is 9.99. The maximum Gasteiger partial charge on any atom is 0.0915 e. The molecular weight excluding hydrogens is 328 g/mol. The fourth-order valence-electron chi connectivity index (χ4n) is 1.73. The van der Waals surface area contributed by atoms with Gasteiger partial charge in [-0.2, -0.15) is 0 Å². The van der Waals surface area contributed by atoms with Crippen molar-refractivity contribution in [2.45, 2.75) is 12.6 Å². The van der Waals surface area contributed by atoms with Crippen LogP contribution in [0.5, 0.6) is 0 Å². The van der Waals surface area contributed by atoms with Crippen LogP contribution in [-0.4, -0.2) is 16.6 Å². The normalized spacial score (nSPS) is 12.4. The molecule has 0 aliphatic heterocycles. The average Bonchev–Trinajstić information content (AvgIpc) is 2.43. The van der Waals surface area contributed by atoms with Crippen LogP contribution in [0, 0.1) is 0 Å². The topological polar surface area (TPSA) is 45.1 Å². The number of hydrogen-bond donors (Lipinski definition) is 2. The molecule has 0 saturated carbocycles. The summed E-state index contributed by atoms with van der Waals surface area (Å²) in [6, 6.07) is 9.26. The molecule has 5 heteroatoms. The first kappa shape index (κ1) is 14.5. The van der Waals surface area contributed by atoms with Gasteiger partial charge in [-0.25, -0.2) is 0 Å². The lowest BCUT2D eigenvalue weighted by Crippen LogP contribution is -2.21. The number of aromatic nitrogens is 1. The first-order chi connectivity index (χ1) is 9.16. The van der Waals surface area contributed by atoms with Crippen LogP contribution in [0.15, 0.2) is 47.2 Å². The van der Waals surface area contributed by atoms with E-state index in [4.69, 9.17) is 11.6 Å². The Morgan fingerprint density at radius 1 is 1.26 bits per heavy atom. The summed E-state index contributed by atoms with van der Waals surface area (Å²) in [7, 11) is 0. The van der Waals surface area contributed by atoms with Crippen molar-refractivity contribution in [1.82, 2.24) is 10.3 Å². The number of rotatable bonds is 5. The lowest BCUT2D eigenvalue weighted by atomic mass is 10.1. The van der Waals surface area contributed by atoms with Gasteiger partial charge in [-0.3, -0.25) is 4.98 Å². The lowest BCUT2D eigenvalue weighted by molar-refractivity contribution is 0.174. The van der Waals surface area contributed by atoms with Crippen molar-refractivity contribution < 1.29 is 5.11 Å². The Hall–Kier alpha value is -0.940. The molecule has 1 aromatic heterocycles. The predicted molar refractivity (Wildman–Crippen MR) is 80.1 cm³/mol. The van der Waals surface area contributed by atoms with Gasteiger partial charge in [0, 0.05) is 35.0 Å². The van der Waals surface area contributed by atoms with Gasteiger partial charge in [0.1, 0.15) is 0 Å². The summed E-state index contributed by atoms with van der Waals surface area (Å²) in [4.78, 5) is 3.92. The molecule has 0 aliphatic carbocycles. The second-order valence-corrected chi connectivity index (χ2v) is 5.45. The minimum absolute atomic E-state index is 0.475. The van der Waals surface area contributed by atoms with Crippen molar-refractivity contribution in [1.29, 1.82) is 0 Å². The van der Waals surface area contributed by atoms with E-state index in [1.165, 1.54) is 0 Å². The molecule has 2 rings (SSSR count). The largest absolute Gasteiger partial charge is 0.387 e. The molecule has 0 aliphatic rings. The van der Waals surface area contributed by atoms with Crippen LogP contribution in [-0.2, 0) is 6.54 Å². The fourth-order valence-corrected chi connectivity index (χ4v) is 2.31. The number of benzene rings is 1. The van der Waals surface area contributed by atoms with Crippen LogP contribution in [0.3, 0.4) is 0 Å². The molecule has 1 heterocycles. The van der Waals surface area contributed by atoms with Gasteiger partial charge in [-0.1, -0.05) is 27.5 Å². The molecule has 0 radical (unpaired) electrons. The summed E-state index contributed by atoms with van der Waals surface area (Å²) >= 11 is 9.42. The van der Waals surface area contributed by atoms with Gasteiger partial charge >= 0.3 is 0 Å². The molecule has 0 spiro atoms. The summed E-state index contributed by atoms with van der Waals surface area (Å²) in [5, 5.41) is 13.9. The lowest BCUT2D eigenvalue weighted by Gasteiger charge is -2.12. The van der Waals surface area contributed by atoms with Crippen molar-refractivity contribution in [3.63, 3.8) is 0 Å². The quantitative estimate of drug-likeness (QED) is 0.877. The van der Waals surface area contributed by atoms with Crippen LogP contribution in [0.2, 0.25) is 5.02 Å². The summed E-state index contributed by atoms with van der Waals surface area (Å²) in [5.41, 5.74) is 1.92. The van der Waals surface area contributed by atoms with E-state index in [1.807, 2.05) is 30.3 Å². The molecule has 1 unspecified atom stereocenters. The molecule has 2 N–H and O–H groups in total. The van der Waals surface area contributed by atoms with E-state index in [0.29, 0.717) is 18.1 Å². The van der Waals surface area contributed by atoms with Gasteiger partial charge in [-0.05, 0) is 41.5 Å². The fraction of sp³-hybridized carbons (Fsp3) is 0.214. The highest BCUT2D eigenvalue weighted by Gasteiger charge is 2.07. The molecule has 0 fully saturated rings. The zero-order valence-electron chi connectivity index (χ0n) is 10.2. The zero-order valence-corrected chi connectivity index (χ0v) is 12.5. The molecule has 0 bridgehead atoms. The third-order valence-corrected chi connectivity index (χ3v) is 3.76. The third kappa shape index (κ3) is 4.28. The van der Waals surface area contributed by atoms with E-state index in [0.717, 1.165) is 15.6 Å². The standard InChI is InChI=1S/C14H14BrClN2O/c15-13-2-1-12(16)7-11(13)8-18-9-14(19)10-3-5-17-6-4-10/h1-7,14,18-19H,8-9H2. The number of hydrogen-bond acceptors (Lipinski definition) is 3. The van der Waals surface area contributed by atoms with Gasteiger partial charge in [-0.15, -0.1) is 0 Å².